The number of rotatable bonds is 1. The molecule has 4 aromatic rings. The molecule has 1 heterocycles. The highest BCUT2D eigenvalue weighted by atomic mass is 16.3. The van der Waals surface area contributed by atoms with Gasteiger partial charge in [0.2, 0.25) is 0 Å². The summed E-state index contributed by atoms with van der Waals surface area (Å²) in [7, 11) is 0. The standard InChI is InChI=1S/C18H12O3/c19-12-6-7-13(16(20)10-12)11-5-8-18-15(9-11)14-3-1-2-4-17(14)21-18/h1-10,19-20H. The van der Waals surface area contributed by atoms with Gasteiger partial charge < -0.3 is 14.6 Å². The molecule has 0 aliphatic carbocycles. The summed E-state index contributed by atoms with van der Waals surface area (Å²) >= 11 is 0. The van der Waals surface area contributed by atoms with E-state index >= 15 is 0 Å². The largest absolute Gasteiger partial charge is 0.508 e. The van der Waals surface area contributed by atoms with Crippen molar-refractivity contribution in [2.24, 2.45) is 0 Å². The molecule has 3 nitrogen and oxygen atoms in total. The monoisotopic (exact) mass is 276 g/mol. The molecule has 0 atom stereocenters. The van der Waals surface area contributed by atoms with Gasteiger partial charge in [0, 0.05) is 22.4 Å². The second-order valence-electron chi connectivity index (χ2n) is 5.01. The Bertz CT molecular complexity index is 967. The highest BCUT2D eigenvalue weighted by Crippen LogP contribution is 2.36. The van der Waals surface area contributed by atoms with Gasteiger partial charge in [-0.05, 0) is 35.9 Å². The summed E-state index contributed by atoms with van der Waals surface area (Å²) in [6.45, 7) is 0. The number of para-hydroxylation sites is 1. The van der Waals surface area contributed by atoms with E-state index in [0.29, 0.717) is 5.56 Å². The molecule has 0 saturated heterocycles. The third-order valence-corrected chi connectivity index (χ3v) is 3.67. The van der Waals surface area contributed by atoms with E-state index in [2.05, 4.69) is 0 Å². The van der Waals surface area contributed by atoms with Gasteiger partial charge in [0.05, 0.1) is 0 Å². The van der Waals surface area contributed by atoms with Crippen LogP contribution in [0.2, 0.25) is 0 Å². The fourth-order valence-corrected chi connectivity index (χ4v) is 2.66. The maximum Gasteiger partial charge on any atom is 0.135 e. The number of phenolic OH excluding ortho intramolecular Hbond substituents is 2. The van der Waals surface area contributed by atoms with Crippen LogP contribution < -0.4 is 0 Å². The lowest BCUT2D eigenvalue weighted by Crippen LogP contribution is -1.79. The number of hydrogen-bond acceptors (Lipinski definition) is 3. The molecule has 0 spiro atoms. The number of hydrogen-bond donors (Lipinski definition) is 2. The Morgan fingerprint density at radius 2 is 1.52 bits per heavy atom. The highest BCUT2D eigenvalue weighted by molar-refractivity contribution is 6.06. The smallest absolute Gasteiger partial charge is 0.135 e. The van der Waals surface area contributed by atoms with Crippen LogP contribution in [-0.2, 0) is 0 Å². The molecular formula is C18H12O3. The lowest BCUT2D eigenvalue weighted by atomic mass is 10.0. The third-order valence-electron chi connectivity index (χ3n) is 3.67. The lowest BCUT2D eigenvalue weighted by molar-refractivity contribution is 0.452. The molecule has 0 aliphatic rings. The summed E-state index contributed by atoms with van der Waals surface area (Å²) in [5.74, 6) is 0.105. The van der Waals surface area contributed by atoms with Gasteiger partial charge in [0.15, 0.2) is 0 Å². The van der Waals surface area contributed by atoms with E-state index in [1.165, 1.54) is 6.07 Å². The number of benzene rings is 3. The molecule has 0 unspecified atom stereocenters. The molecule has 3 aromatic carbocycles. The molecule has 0 aliphatic heterocycles. The van der Waals surface area contributed by atoms with E-state index in [-0.39, 0.29) is 11.5 Å². The predicted octanol–water partition coefficient (Wildman–Crippen LogP) is 4.66. The van der Waals surface area contributed by atoms with Gasteiger partial charge in [-0.2, -0.15) is 0 Å². The van der Waals surface area contributed by atoms with Crippen molar-refractivity contribution in [3.8, 4) is 22.6 Å². The van der Waals surface area contributed by atoms with E-state index in [9.17, 15) is 10.2 Å². The summed E-state index contributed by atoms with van der Waals surface area (Å²) in [5.41, 5.74) is 3.23. The van der Waals surface area contributed by atoms with Gasteiger partial charge in [-0.3, -0.25) is 0 Å². The topological polar surface area (TPSA) is 53.6 Å². The van der Waals surface area contributed by atoms with E-state index in [4.69, 9.17) is 4.42 Å². The van der Waals surface area contributed by atoms with Crippen molar-refractivity contribution in [2.45, 2.75) is 0 Å². The van der Waals surface area contributed by atoms with Crippen molar-refractivity contribution in [3.63, 3.8) is 0 Å². The Morgan fingerprint density at radius 3 is 2.38 bits per heavy atom. The first-order valence-electron chi connectivity index (χ1n) is 6.66. The van der Waals surface area contributed by atoms with E-state index < -0.39 is 0 Å². The minimum Gasteiger partial charge on any atom is -0.508 e. The third kappa shape index (κ3) is 1.82. The summed E-state index contributed by atoms with van der Waals surface area (Å²) in [4.78, 5) is 0. The average Bonchev–Trinajstić information content (AvgIpc) is 2.85. The molecule has 0 amide bonds. The van der Waals surface area contributed by atoms with Crippen LogP contribution in [0.5, 0.6) is 11.5 Å². The highest BCUT2D eigenvalue weighted by Gasteiger charge is 2.10. The maximum absolute atomic E-state index is 10.00. The molecule has 0 fully saturated rings. The minimum absolute atomic E-state index is 0.0473. The van der Waals surface area contributed by atoms with Crippen LogP contribution in [0, 0.1) is 0 Å². The van der Waals surface area contributed by atoms with Crippen molar-refractivity contribution < 1.29 is 14.6 Å². The quantitative estimate of drug-likeness (QED) is 0.531. The van der Waals surface area contributed by atoms with Crippen molar-refractivity contribution >= 4 is 21.9 Å². The van der Waals surface area contributed by atoms with Crippen LogP contribution in [-0.4, -0.2) is 10.2 Å². The first-order valence-corrected chi connectivity index (χ1v) is 6.66. The zero-order chi connectivity index (χ0) is 14.4. The number of furan rings is 1. The van der Waals surface area contributed by atoms with Crippen LogP contribution >= 0.6 is 0 Å². The Morgan fingerprint density at radius 1 is 0.714 bits per heavy atom. The first kappa shape index (κ1) is 11.9. The molecule has 3 heteroatoms. The Kier molecular flexibility index (Phi) is 2.42. The van der Waals surface area contributed by atoms with Crippen molar-refractivity contribution in [1.29, 1.82) is 0 Å². The predicted molar refractivity (Wildman–Crippen MR) is 82.5 cm³/mol. The molecule has 4 rings (SSSR count). The number of aromatic hydroxyl groups is 2. The molecule has 102 valence electrons. The Balaban J connectivity index is 1.99. The fourth-order valence-electron chi connectivity index (χ4n) is 2.66. The minimum atomic E-state index is 0.0473. The van der Waals surface area contributed by atoms with Gasteiger partial charge in [-0.25, -0.2) is 0 Å². The molecule has 0 saturated carbocycles. The summed E-state index contributed by atoms with van der Waals surface area (Å²) in [6.07, 6.45) is 0. The molecule has 1 aromatic heterocycles. The Hall–Kier alpha value is -2.94. The zero-order valence-electron chi connectivity index (χ0n) is 11.1. The van der Waals surface area contributed by atoms with Gasteiger partial charge in [-0.15, -0.1) is 0 Å². The fraction of sp³-hybridized carbons (Fsp3) is 0. The number of phenols is 2. The van der Waals surface area contributed by atoms with Crippen LogP contribution in [0.4, 0.5) is 0 Å². The SMILES string of the molecule is Oc1ccc(-c2ccc3oc4ccccc4c3c2)c(O)c1. The van der Waals surface area contributed by atoms with Crippen LogP contribution in [0.1, 0.15) is 0 Å². The number of fused-ring (bicyclic) bond motifs is 3. The van der Waals surface area contributed by atoms with Gasteiger partial charge in [-0.1, -0.05) is 24.3 Å². The van der Waals surface area contributed by atoms with Crippen molar-refractivity contribution in [2.75, 3.05) is 0 Å². The van der Waals surface area contributed by atoms with Gasteiger partial charge in [0.25, 0.3) is 0 Å². The molecule has 2 N–H and O–H groups in total. The molecule has 21 heavy (non-hydrogen) atoms. The van der Waals surface area contributed by atoms with Crippen molar-refractivity contribution in [1.82, 2.24) is 0 Å². The molecular weight excluding hydrogens is 264 g/mol. The van der Waals surface area contributed by atoms with Crippen LogP contribution in [0.3, 0.4) is 0 Å². The van der Waals surface area contributed by atoms with Crippen LogP contribution in [0.25, 0.3) is 33.1 Å². The summed E-state index contributed by atoms with van der Waals surface area (Å²) in [6, 6.07) is 18.3. The van der Waals surface area contributed by atoms with Gasteiger partial charge in [0.1, 0.15) is 22.7 Å². The first-order chi connectivity index (χ1) is 10.2. The van der Waals surface area contributed by atoms with Crippen LogP contribution in [0.15, 0.2) is 65.1 Å². The Labute approximate surface area is 120 Å². The second kappa shape index (κ2) is 4.28. The maximum atomic E-state index is 10.00. The van der Waals surface area contributed by atoms with Crippen molar-refractivity contribution in [3.05, 3.63) is 60.7 Å². The summed E-state index contributed by atoms with van der Waals surface area (Å²) < 4.78 is 5.79. The second-order valence-corrected chi connectivity index (χ2v) is 5.01. The van der Waals surface area contributed by atoms with E-state index in [1.54, 1.807) is 12.1 Å². The molecule has 0 radical (unpaired) electrons. The summed E-state index contributed by atoms with van der Waals surface area (Å²) in [5, 5.41) is 21.4. The lowest BCUT2D eigenvalue weighted by Gasteiger charge is -2.05. The normalized spacial score (nSPS) is 11.2. The van der Waals surface area contributed by atoms with Gasteiger partial charge >= 0.3 is 0 Å². The average molecular weight is 276 g/mol. The zero-order valence-corrected chi connectivity index (χ0v) is 11.1. The molecule has 0 bridgehead atoms. The van der Waals surface area contributed by atoms with E-state index in [1.807, 2.05) is 42.5 Å². The van der Waals surface area contributed by atoms with E-state index in [0.717, 1.165) is 27.5 Å².